The van der Waals surface area contributed by atoms with E-state index in [2.05, 4.69) is 124 Å². The fourth-order valence-corrected chi connectivity index (χ4v) is 4.01. The van der Waals surface area contributed by atoms with Crippen LogP contribution in [0.2, 0.25) is 0 Å². The molecule has 4 heteroatoms. The van der Waals surface area contributed by atoms with Gasteiger partial charge in [0.2, 0.25) is 0 Å². The van der Waals surface area contributed by atoms with E-state index in [0.29, 0.717) is 0 Å². The molecule has 3 rings (SSSR count). The van der Waals surface area contributed by atoms with E-state index in [-0.39, 0.29) is 0 Å². The summed E-state index contributed by atoms with van der Waals surface area (Å²) in [5.74, 6) is 0. The molecule has 3 aromatic rings. The Labute approximate surface area is 163 Å². The quantitative estimate of drug-likeness (QED) is 0.306. The Bertz CT molecular complexity index is 827. The lowest BCUT2D eigenvalue weighted by Crippen LogP contribution is -1.96. The summed E-state index contributed by atoms with van der Waals surface area (Å²) in [6.07, 6.45) is 0. The van der Waals surface area contributed by atoms with Crippen LogP contribution in [-0.4, -0.2) is 0 Å². The topological polar surface area (TPSA) is 0 Å². The van der Waals surface area contributed by atoms with Crippen molar-refractivity contribution in [2.24, 2.45) is 0 Å². The van der Waals surface area contributed by atoms with E-state index in [0.717, 1.165) is 0 Å². The minimum Gasteiger partial charge on any atom is -0.106 e. The highest BCUT2D eigenvalue weighted by molar-refractivity contribution is 14.1. The molecule has 0 spiro atoms. The molecule has 2 unspecified atom stereocenters. The van der Waals surface area contributed by atoms with Crippen LogP contribution < -0.4 is 10.6 Å². The van der Waals surface area contributed by atoms with Crippen LogP contribution >= 0.6 is 63.7 Å². The van der Waals surface area contributed by atoms with Crippen LogP contribution in [0.1, 0.15) is 0 Å². The van der Waals surface area contributed by atoms with Crippen molar-refractivity contribution >= 4 is 74.3 Å². The van der Waals surface area contributed by atoms with Crippen LogP contribution in [-0.2, 0) is 0 Å². The van der Waals surface area contributed by atoms with E-state index in [1.807, 2.05) is 0 Å². The highest BCUT2D eigenvalue weighted by atomic mass is 127. The normalized spacial score (nSPS) is 10.7. The summed E-state index contributed by atoms with van der Waals surface area (Å²) in [5.41, 5.74) is 5.07. The van der Waals surface area contributed by atoms with Crippen molar-refractivity contribution in [3.8, 4) is 22.3 Å². The Morgan fingerprint density at radius 3 is 1.73 bits per heavy atom. The monoisotopic (exact) mass is 546 g/mol. The first kappa shape index (κ1) is 16.8. The fourth-order valence-electron chi connectivity index (χ4n) is 2.30. The first-order valence-corrected chi connectivity index (χ1v) is 10.1. The molecule has 110 valence electrons. The van der Waals surface area contributed by atoms with E-state index < -0.39 is 0 Å². The molecule has 0 N–H and O–H groups in total. The molecule has 0 saturated heterocycles. The van der Waals surface area contributed by atoms with Crippen LogP contribution in [0.4, 0.5) is 0 Å². The lowest BCUT2D eigenvalue weighted by molar-refractivity contribution is 1.56. The third-order valence-electron chi connectivity index (χ3n) is 3.52. The van der Waals surface area contributed by atoms with Gasteiger partial charge in [-0.25, -0.2) is 0 Å². The van der Waals surface area contributed by atoms with Crippen LogP contribution in [0.3, 0.4) is 0 Å². The summed E-state index contributed by atoms with van der Waals surface area (Å²) in [6.45, 7) is 0. The third-order valence-corrected chi connectivity index (χ3v) is 6.83. The zero-order valence-electron chi connectivity index (χ0n) is 11.7. The van der Waals surface area contributed by atoms with E-state index in [9.17, 15) is 0 Å². The zero-order chi connectivity index (χ0) is 15.7. The predicted molar refractivity (Wildman–Crippen MR) is 121 cm³/mol. The molecule has 0 aliphatic rings. The first-order valence-electron chi connectivity index (χ1n) is 6.75. The lowest BCUT2D eigenvalue weighted by Gasteiger charge is -2.09. The molecule has 2 atom stereocenters. The number of halogens is 2. The van der Waals surface area contributed by atoms with Crippen LogP contribution in [0.25, 0.3) is 22.3 Å². The highest BCUT2D eigenvalue weighted by Gasteiger charge is 2.06. The number of hydrogen-bond donors (Lipinski definition) is 0. The van der Waals surface area contributed by atoms with Crippen LogP contribution in [0, 0.1) is 7.14 Å². The Morgan fingerprint density at radius 1 is 0.591 bits per heavy atom. The summed E-state index contributed by atoms with van der Waals surface area (Å²) >= 11 is 4.81. The fraction of sp³-hybridized carbons (Fsp3) is 0. The highest BCUT2D eigenvalue weighted by Crippen LogP contribution is 2.30. The van der Waals surface area contributed by atoms with E-state index in [4.69, 9.17) is 0 Å². The second kappa shape index (κ2) is 7.25. The van der Waals surface area contributed by atoms with Gasteiger partial charge in [0.1, 0.15) is 0 Å². The molecule has 3 aromatic carbocycles. The third kappa shape index (κ3) is 3.72. The minimum atomic E-state index is 1.21. The molecule has 0 amide bonds. The first-order chi connectivity index (χ1) is 10.5. The number of benzene rings is 3. The van der Waals surface area contributed by atoms with Crippen molar-refractivity contribution in [2.45, 2.75) is 0 Å². The average molecular weight is 546 g/mol. The molecular weight excluding hydrogens is 532 g/mol. The molecule has 0 bridgehead atoms. The Balaban J connectivity index is 2.01. The van der Waals surface area contributed by atoms with Gasteiger partial charge in [0, 0.05) is 7.14 Å². The van der Waals surface area contributed by atoms with Gasteiger partial charge in [-0.1, -0.05) is 48.5 Å². The van der Waals surface area contributed by atoms with Gasteiger partial charge in [0.05, 0.1) is 0 Å². The molecule has 0 radical (unpaired) electrons. The van der Waals surface area contributed by atoms with Gasteiger partial charge in [-0.05, 0) is 90.2 Å². The molecule has 0 nitrogen and oxygen atoms in total. The van der Waals surface area contributed by atoms with Crippen molar-refractivity contribution in [1.82, 2.24) is 0 Å². The van der Waals surface area contributed by atoms with E-state index in [1.165, 1.54) is 40.0 Å². The van der Waals surface area contributed by atoms with E-state index >= 15 is 0 Å². The van der Waals surface area contributed by atoms with Gasteiger partial charge in [0.25, 0.3) is 0 Å². The second-order valence-electron chi connectivity index (χ2n) is 5.05. The Hall–Kier alpha value is -0.0200. The van der Waals surface area contributed by atoms with Crippen molar-refractivity contribution in [1.29, 1.82) is 0 Å². The SMILES string of the molecule is Pc1ccc(-c2ccc(-c3ccc(P)c(I)c3)cc2I)cc1. The van der Waals surface area contributed by atoms with Crippen molar-refractivity contribution in [2.75, 3.05) is 0 Å². The molecule has 0 heterocycles. The van der Waals surface area contributed by atoms with Gasteiger partial charge in [-0.2, -0.15) is 0 Å². The second-order valence-corrected chi connectivity index (χ2v) is 8.67. The van der Waals surface area contributed by atoms with Crippen LogP contribution in [0.15, 0.2) is 60.7 Å². The largest absolute Gasteiger partial charge is 0.106 e. The van der Waals surface area contributed by atoms with Gasteiger partial charge < -0.3 is 0 Å². The van der Waals surface area contributed by atoms with Gasteiger partial charge in [0.15, 0.2) is 0 Å². The maximum atomic E-state index is 2.77. The molecule has 0 aliphatic carbocycles. The minimum absolute atomic E-state index is 1.21. The molecule has 22 heavy (non-hydrogen) atoms. The zero-order valence-corrected chi connectivity index (χ0v) is 18.3. The van der Waals surface area contributed by atoms with Gasteiger partial charge in [-0.3, -0.25) is 0 Å². The van der Waals surface area contributed by atoms with Gasteiger partial charge >= 0.3 is 0 Å². The standard InChI is InChI=1S/C18H14I2P2/c19-16-9-12(13-4-8-18(22)17(20)10-13)3-7-15(16)11-1-5-14(21)6-2-11/h1-10H,21-22H2. The number of rotatable bonds is 2. The summed E-state index contributed by atoms with van der Waals surface area (Å²) in [7, 11) is 5.50. The maximum absolute atomic E-state index is 2.77. The Kier molecular flexibility index (Phi) is 5.55. The van der Waals surface area contributed by atoms with Crippen molar-refractivity contribution in [3.05, 3.63) is 67.8 Å². The number of hydrogen-bond acceptors (Lipinski definition) is 0. The average Bonchev–Trinajstić information content (AvgIpc) is 2.51. The summed E-state index contributed by atoms with van der Waals surface area (Å²) in [4.78, 5) is 0. The van der Waals surface area contributed by atoms with Crippen LogP contribution in [0.5, 0.6) is 0 Å². The molecule has 0 aliphatic heterocycles. The van der Waals surface area contributed by atoms with Crippen molar-refractivity contribution in [3.63, 3.8) is 0 Å². The van der Waals surface area contributed by atoms with Crippen molar-refractivity contribution < 1.29 is 0 Å². The maximum Gasteiger partial charge on any atom is 0.0214 e. The molecular formula is C18H14I2P2. The Morgan fingerprint density at radius 2 is 1.14 bits per heavy atom. The smallest absolute Gasteiger partial charge is 0.0214 e. The summed E-state index contributed by atoms with van der Waals surface area (Å²) in [5, 5.41) is 2.45. The summed E-state index contributed by atoms with van der Waals surface area (Å²) < 4.78 is 2.55. The summed E-state index contributed by atoms with van der Waals surface area (Å²) in [6, 6.07) is 21.9. The molecule has 0 aromatic heterocycles. The predicted octanol–water partition coefficient (Wildman–Crippen LogP) is 5.23. The molecule has 0 saturated carbocycles. The van der Waals surface area contributed by atoms with E-state index in [1.54, 1.807) is 0 Å². The van der Waals surface area contributed by atoms with Gasteiger partial charge in [-0.15, -0.1) is 18.5 Å². The molecule has 0 fully saturated rings. The lowest BCUT2D eigenvalue weighted by atomic mass is 10.0.